The molecule has 0 bridgehead atoms. The number of rotatable bonds is 2. The number of fused-ring (bicyclic) bond motifs is 1. The number of nitrogens with zero attached hydrogens (tertiary/aromatic N) is 6. The summed E-state index contributed by atoms with van der Waals surface area (Å²) in [7, 11) is 3.98. The van der Waals surface area contributed by atoms with Crippen LogP contribution in [0.2, 0.25) is 0 Å². The number of hydrogen-bond donors (Lipinski definition) is 1. The second-order valence-electron chi connectivity index (χ2n) is 4.31. The molecule has 96 valence electrons. The van der Waals surface area contributed by atoms with Gasteiger partial charge in [-0.05, 0) is 11.3 Å². The standard InChI is InChI=1S/C12H13N7/c1-18(2)8-3-5-19(6-4-8)11-9-10(15-7-14-9)16-12(13)17-11/h3-7H,1-2H3,(H2-,13,14,15,16,17). The summed E-state index contributed by atoms with van der Waals surface area (Å²) in [5.74, 6) is 0.817. The highest BCUT2D eigenvalue weighted by Crippen LogP contribution is 2.13. The van der Waals surface area contributed by atoms with Gasteiger partial charge < -0.3 is 25.6 Å². The van der Waals surface area contributed by atoms with Crippen LogP contribution in [0.25, 0.3) is 17.0 Å². The van der Waals surface area contributed by atoms with Crippen molar-refractivity contribution in [1.82, 2.24) is 19.9 Å². The van der Waals surface area contributed by atoms with Gasteiger partial charge in [0.25, 0.3) is 5.95 Å². The van der Waals surface area contributed by atoms with Gasteiger partial charge in [-0.25, -0.2) is 4.57 Å². The van der Waals surface area contributed by atoms with Crippen LogP contribution in [0.3, 0.4) is 0 Å². The van der Waals surface area contributed by atoms with E-state index in [1.807, 2.05) is 48.1 Å². The van der Waals surface area contributed by atoms with Gasteiger partial charge in [-0.3, -0.25) is 0 Å². The second-order valence-corrected chi connectivity index (χ2v) is 4.31. The van der Waals surface area contributed by atoms with E-state index >= 15 is 0 Å². The summed E-state index contributed by atoms with van der Waals surface area (Å²) in [6.07, 6.45) is 5.27. The normalized spacial score (nSPS) is 10.8. The first-order valence-corrected chi connectivity index (χ1v) is 5.75. The van der Waals surface area contributed by atoms with Crippen LogP contribution < -0.4 is 20.2 Å². The average molecular weight is 255 g/mol. The molecule has 7 heteroatoms. The summed E-state index contributed by atoms with van der Waals surface area (Å²) in [6.45, 7) is 0. The van der Waals surface area contributed by atoms with Gasteiger partial charge in [0.05, 0.1) is 12.4 Å². The van der Waals surface area contributed by atoms with Crippen molar-refractivity contribution < 1.29 is 4.57 Å². The molecule has 19 heavy (non-hydrogen) atoms. The number of nitrogen functional groups attached to an aromatic ring is 1. The quantitative estimate of drug-likeness (QED) is 0.644. The van der Waals surface area contributed by atoms with Crippen LogP contribution in [-0.2, 0) is 0 Å². The number of anilines is 2. The van der Waals surface area contributed by atoms with E-state index in [1.54, 1.807) is 0 Å². The smallest absolute Gasteiger partial charge is 0.341 e. The number of hydrogen-bond acceptors (Lipinski definition) is 5. The van der Waals surface area contributed by atoms with Gasteiger partial charge in [0.2, 0.25) is 0 Å². The lowest BCUT2D eigenvalue weighted by Gasteiger charge is -2.11. The van der Waals surface area contributed by atoms with E-state index in [4.69, 9.17) is 5.73 Å². The van der Waals surface area contributed by atoms with Gasteiger partial charge in [-0.15, -0.1) is 0 Å². The van der Waals surface area contributed by atoms with E-state index in [9.17, 15) is 0 Å². The maximum absolute atomic E-state index is 5.69. The molecule has 0 aliphatic heterocycles. The largest absolute Gasteiger partial charge is 0.377 e. The Bertz CT molecular complexity index is 715. The summed E-state index contributed by atoms with van der Waals surface area (Å²) in [4.78, 5) is 18.5. The summed E-state index contributed by atoms with van der Waals surface area (Å²) < 4.78 is 1.85. The first-order valence-electron chi connectivity index (χ1n) is 5.75. The van der Waals surface area contributed by atoms with Crippen molar-refractivity contribution in [3.8, 4) is 5.82 Å². The van der Waals surface area contributed by atoms with Crippen molar-refractivity contribution in [3.05, 3.63) is 30.9 Å². The Morgan fingerprint density at radius 1 is 1.21 bits per heavy atom. The molecule has 2 N–H and O–H groups in total. The fraction of sp³-hybridized carbons (Fsp3) is 0.167. The molecule has 0 atom stereocenters. The minimum atomic E-state index is 0.187. The van der Waals surface area contributed by atoms with Crippen LogP contribution in [-0.4, -0.2) is 29.0 Å². The number of pyridine rings is 1. The maximum atomic E-state index is 5.69. The molecule has 0 aromatic carbocycles. The zero-order chi connectivity index (χ0) is 13.4. The van der Waals surface area contributed by atoms with Crippen LogP contribution in [0.5, 0.6) is 0 Å². The molecule has 3 rings (SSSR count). The van der Waals surface area contributed by atoms with Crippen LogP contribution in [0.15, 0.2) is 30.9 Å². The van der Waals surface area contributed by atoms with Crippen molar-refractivity contribution in [3.63, 3.8) is 0 Å². The van der Waals surface area contributed by atoms with Crippen LogP contribution in [0.1, 0.15) is 0 Å². The van der Waals surface area contributed by atoms with E-state index in [0.29, 0.717) is 17.0 Å². The SMILES string of the molecule is CN(C)c1cc[n+](-c2nc(N)nc3[n-]cnc23)cc1. The Kier molecular flexibility index (Phi) is 2.52. The van der Waals surface area contributed by atoms with Gasteiger partial charge in [0.1, 0.15) is 5.52 Å². The lowest BCUT2D eigenvalue weighted by atomic mass is 10.3. The molecule has 0 fully saturated rings. The van der Waals surface area contributed by atoms with E-state index in [0.717, 1.165) is 5.69 Å². The van der Waals surface area contributed by atoms with Gasteiger partial charge in [0.15, 0.2) is 0 Å². The number of aromatic nitrogens is 5. The average Bonchev–Trinajstić information content (AvgIpc) is 2.85. The fourth-order valence-corrected chi connectivity index (χ4v) is 1.83. The molecule has 0 radical (unpaired) electrons. The van der Waals surface area contributed by atoms with Crippen molar-refractivity contribution in [2.75, 3.05) is 24.7 Å². The number of nitrogens with two attached hydrogens (primary N) is 1. The molecule has 0 aliphatic rings. The van der Waals surface area contributed by atoms with Crippen molar-refractivity contribution in [1.29, 1.82) is 0 Å². The fourth-order valence-electron chi connectivity index (χ4n) is 1.83. The zero-order valence-corrected chi connectivity index (χ0v) is 10.6. The van der Waals surface area contributed by atoms with Crippen molar-refractivity contribution >= 4 is 22.8 Å². The van der Waals surface area contributed by atoms with Crippen LogP contribution in [0.4, 0.5) is 11.6 Å². The van der Waals surface area contributed by atoms with E-state index in [1.165, 1.54) is 6.33 Å². The molecule has 3 aromatic rings. The topological polar surface area (TPSA) is 85.9 Å². The lowest BCUT2D eigenvalue weighted by Crippen LogP contribution is -2.32. The lowest BCUT2D eigenvalue weighted by molar-refractivity contribution is -0.597. The Labute approximate surface area is 109 Å². The van der Waals surface area contributed by atoms with E-state index < -0.39 is 0 Å². The van der Waals surface area contributed by atoms with E-state index in [2.05, 4.69) is 19.9 Å². The van der Waals surface area contributed by atoms with E-state index in [-0.39, 0.29) is 5.95 Å². The molecule has 0 aliphatic carbocycles. The Hall–Kier alpha value is -2.70. The Morgan fingerprint density at radius 3 is 2.63 bits per heavy atom. The first-order chi connectivity index (χ1) is 9.15. The van der Waals surface area contributed by atoms with Crippen LogP contribution in [0, 0.1) is 0 Å². The molecule has 3 aromatic heterocycles. The molecular weight excluding hydrogens is 242 g/mol. The molecule has 0 unspecified atom stereocenters. The highest BCUT2D eigenvalue weighted by Gasteiger charge is 2.13. The summed E-state index contributed by atoms with van der Waals surface area (Å²) in [5, 5.41) is 0. The zero-order valence-electron chi connectivity index (χ0n) is 10.6. The molecule has 0 spiro atoms. The minimum absolute atomic E-state index is 0.187. The summed E-state index contributed by atoms with van der Waals surface area (Å²) in [6, 6.07) is 3.97. The maximum Gasteiger partial charge on any atom is 0.341 e. The monoisotopic (exact) mass is 255 g/mol. The van der Waals surface area contributed by atoms with Crippen LogP contribution >= 0.6 is 0 Å². The molecule has 0 amide bonds. The van der Waals surface area contributed by atoms with Gasteiger partial charge in [-0.2, -0.15) is 0 Å². The summed E-state index contributed by atoms with van der Waals surface area (Å²) in [5.41, 5.74) is 7.93. The van der Waals surface area contributed by atoms with Gasteiger partial charge in [0, 0.05) is 37.6 Å². The minimum Gasteiger partial charge on any atom is -0.377 e. The highest BCUT2D eigenvalue weighted by molar-refractivity contribution is 5.76. The second kappa shape index (κ2) is 4.20. The number of imidazole rings is 1. The molecule has 0 saturated carbocycles. The molecule has 3 heterocycles. The third kappa shape index (κ3) is 1.95. The Balaban J connectivity index is 2.15. The summed E-state index contributed by atoms with van der Waals surface area (Å²) >= 11 is 0. The van der Waals surface area contributed by atoms with Gasteiger partial charge >= 0.3 is 5.82 Å². The third-order valence-corrected chi connectivity index (χ3v) is 2.80. The third-order valence-electron chi connectivity index (χ3n) is 2.80. The first kappa shape index (κ1) is 11.4. The Morgan fingerprint density at radius 2 is 1.95 bits per heavy atom. The predicted molar refractivity (Wildman–Crippen MR) is 70.9 cm³/mol. The molecule has 0 saturated heterocycles. The molecule has 7 nitrogen and oxygen atoms in total. The van der Waals surface area contributed by atoms with Crippen molar-refractivity contribution in [2.24, 2.45) is 0 Å². The predicted octanol–water partition coefficient (Wildman–Crippen LogP) is -0.0931. The van der Waals surface area contributed by atoms with Gasteiger partial charge in [-0.1, -0.05) is 0 Å². The van der Waals surface area contributed by atoms with Crippen molar-refractivity contribution in [2.45, 2.75) is 0 Å². The highest BCUT2D eigenvalue weighted by atomic mass is 15.2. The molecular formula is C12H13N7.